The van der Waals surface area contributed by atoms with Gasteiger partial charge in [-0.1, -0.05) is 84.9 Å². The third kappa shape index (κ3) is 6.19. The number of hydrogen-bond donors (Lipinski definition) is 2. The summed E-state index contributed by atoms with van der Waals surface area (Å²) in [6.45, 7) is 5.99. The Hall–Kier alpha value is -3.11. The number of carbonyl (C=O) groups excluding carboxylic acids is 1. The van der Waals surface area contributed by atoms with Crippen molar-refractivity contribution >= 4 is 6.09 Å². The molecule has 0 saturated carbocycles. The molecule has 0 heterocycles. The molecule has 0 aliphatic carbocycles. The highest BCUT2D eigenvalue weighted by molar-refractivity contribution is 5.67. The molecule has 162 valence electrons. The van der Waals surface area contributed by atoms with E-state index in [0.717, 1.165) is 22.3 Å². The lowest BCUT2D eigenvalue weighted by Crippen LogP contribution is -2.34. The maximum absolute atomic E-state index is 12.0. The van der Waals surface area contributed by atoms with Crippen LogP contribution >= 0.6 is 0 Å². The van der Waals surface area contributed by atoms with Crippen LogP contribution in [0.4, 0.5) is 4.79 Å². The van der Waals surface area contributed by atoms with E-state index in [4.69, 9.17) is 4.74 Å². The molecule has 3 rings (SSSR count). The summed E-state index contributed by atoms with van der Waals surface area (Å²) in [4.78, 5) is 12.0. The molecular weight excluding hydrogens is 386 g/mol. The first-order valence-corrected chi connectivity index (χ1v) is 10.6. The van der Waals surface area contributed by atoms with Crippen molar-refractivity contribution < 1.29 is 14.6 Å². The minimum atomic E-state index is -1.16. The van der Waals surface area contributed by atoms with Gasteiger partial charge in [-0.25, -0.2) is 4.79 Å². The predicted molar refractivity (Wildman–Crippen MR) is 124 cm³/mol. The van der Waals surface area contributed by atoms with Gasteiger partial charge in [-0.15, -0.1) is 0 Å². The molecule has 3 aromatic carbocycles. The molecule has 0 atom stereocenters. The topological polar surface area (TPSA) is 58.6 Å². The number of alkyl carbamates (subject to hydrolysis) is 1. The van der Waals surface area contributed by atoms with E-state index in [1.165, 1.54) is 0 Å². The second-order valence-electron chi connectivity index (χ2n) is 8.72. The number of amides is 1. The zero-order valence-electron chi connectivity index (χ0n) is 18.5. The largest absolute Gasteiger partial charge is 0.444 e. The maximum atomic E-state index is 12.0. The summed E-state index contributed by atoms with van der Waals surface area (Å²) in [5, 5.41) is 14.7. The third-order valence-corrected chi connectivity index (χ3v) is 5.13. The molecule has 4 nitrogen and oxygen atoms in total. The van der Waals surface area contributed by atoms with Crippen molar-refractivity contribution in [2.24, 2.45) is 0 Å². The monoisotopic (exact) mass is 417 g/mol. The van der Waals surface area contributed by atoms with Gasteiger partial charge in [0.25, 0.3) is 0 Å². The van der Waals surface area contributed by atoms with Crippen LogP contribution in [0.5, 0.6) is 0 Å². The Morgan fingerprint density at radius 1 is 0.806 bits per heavy atom. The second kappa shape index (κ2) is 9.80. The molecule has 0 bridgehead atoms. The minimum absolute atomic E-state index is 0.421. The van der Waals surface area contributed by atoms with Gasteiger partial charge >= 0.3 is 6.09 Å². The van der Waals surface area contributed by atoms with E-state index in [-0.39, 0.29) is 0 Å². The SMILES string of the molecule is CC(C)(C)OC(=O)NCCc1ccccc1CC(O)(c1ccccc1)c1ccccc1. The van der Waals surface area contributed by atoms with Crippen LogP contribution in [0.25, 0.3) is 0 Å². The predicted octanol–water partition coefficient (Wildman–Crippen LogP) is 5.23. The lowest BCUT2D eigenvalue weighted by molar-refractivity contribution is 0.0528. The molecule has 0 spiro atoms. The van der Waals surface area contributed by atoms with Crippen molar-refractivity contribution in [3.05, 3.63) is 107 Å². The summed E-state index contributed by atoms with van der Waals surface area (Å²) >= 11 is 0. The van der Waals surface area contributed by atoms with Gasteiger partial charge in [0.2, 0.25) is 0 Å². The van der Waals surface area contributed by atoms with Crippen LogP contribution in [-0.4, -0.2) is 23.3 Å². The Balaban J connectivity index is 1.81. The molecule has 3 aromatic rings. The van der Waals surface area contributed by atoms with E-state index in [1.807, 2.05) is 106 Å². The molecule has 0 saturated heterocycles. The van der Waals surface area contributed by atoms with Crippen LogP contribution < -0.4 is 5.32 Å². The normalized spacial score (nSPS) is 11.7. The molecule has 0 aromatic heterocycles. The fourth-order valence-corrected chi connectivity index (χ4v) is 3.66. The van der Waals surface area contributed by atoms with Crippen LogP contribution in [0.1, 0.15) is 43.0 Å². The zero-order valence-corrected chi connectivity index (χ0v) is 18.5. The van der Waals surface area contributed by atoms with Crippen LogP contribution in [-0.2, 0) is 23.2 Å². The van der Waals surface area contributed by atoms with Gasteiger partial charge in [-0.2, -0.15) is 0 Å². The summed E-state index contributed by atoms with van der Waals surface area (Å²) in [6, 6.07) is 27.6. The van der Waals surface area contributed by atoms with Crippen LogP contribution in [0.2, 0.25) is 0 Å². The van der Waals surface area contributed by atoms with Crippen LogP contribution in [0, 0.1) is 0 Å². The van der Waals surface area contributed by atoms with E-state index < -0.39 is 17.3 Å². The van der Waals surface area contributed by atoms with Gasteiger partial charge in [-0.3, -0.25) is 0 Å². The van der Waals surface area contributed by atoms with Crippen molar-refractivity contribution in [3.63, 3.8) is 0 Å². The highest BCUT2D eigenvalue weighted by Crippen LogP contribution is 2.34. The zero-order chi connectivity index (χ0) is 22.3. The molecule has 0 radical (unpaired) electrons. The highest BCUT2D eigenvalue weighted by Gasteiger charge is 2.32. The number of ether oxygens (including phenoxy) is 1. The standard InChI is InChI=1S/C27H31NO3/c1-26(2,3)31-25(29)28-19-18-21-12-10-11-13-22(21)20-27(30,23-14-6-4-7-15-23)24-16-8-5-9-17-24/h4-17,30H,18-20H2,1-3H3,(H,28,29). The Morgan fingerprint density at radius 2 is 1.29 bits per heavy atom. The highest BCUT2D eigenvalue weighted by atomic mass is 16.6. The van der Waals surface area contributed by atoms with E-state index in [0.29, 0.717) is 19.4 Å². The lowest BCUT2D eigenvalue weighted by Gasteiger charge is -2.30. The first kappa shape index (κ1) is 22.6. The molecule has 0 aliphatic heterocycles. The minimum Gasteiger partial charge on any atom is -0.444 e. The van der Waals surface area contributed by atoms with Gasteiger partial charge in [0.05, 0.1) is 0 Å². The number of benzene rings is 3. The fraction of sp³-hybridized carbons (Fsp3) is 0.296. The molecule has 31 heavy (non-hydrogen) atoms. The van der Waals surface area contributed by atoms with Gasteiger partial charge in [0, 0.05) is 13.0 Å². The van der Waals surface area contributed by atoms with Crippen molar-refractivity contribution in [2.45, 2.75) is 44.8 Å². The Labute approximate surface area is 184 Å². The Morgan fingerprint density at radius 3 is 1.81 bits per heavy atom. The maximum Gasteiger partial charge on any atom is 0.407 e. The molecular formula is C27H31NO3. The number of carbonyl (C=O) groups is 1. The van der Waals surface area contributed by atoms with Crippen molar-refractivity contribution in [1.82, 2.24) is 5.32 Å². The smallest absolute Gasteiger partial charge is 0.407 e. The van der Waals surface area contributed by atoms with Gasteiger partial charge in [0.15, 0.2) is 0 Å². The second-order valence-corrected chi connectivity index (χ2v) is 8.72. The average Bonchev–Trinajstić information content (AvgIpc) is 2.75. The van der Waals surface area contributed by atoms with E-state index in [1.54, 1.807) is 0 Å². The van der Waals surface area contributed by atoms with Crippen LogP contribution in [0.3, 0.4) is 0 Å². The van der Waals surface area contributed by atoms with Crippen molar-refractivity contribution in [3.8, 4) is 0 Å². The number of hydrogen-bond acceptors (Lipinski definition) is 3. The molecule has 4 heteroatoms. The quantitative estimate of drug-likeness (QED) is 0.553. The van der Waals surface area contributed by atoms with Crippen LogP contribution in [0.15, 0.2) is 84.9 Å². The summed E-state index contributed by atoms with van der Waals surface area (Å²) in [5.74, 6) is 0. The molecule has 1 amide bonds. The van der Waals surface area contributed by atoms with E-state index >= 15 is 0 Å². The van der Waals surface area contributed by atoms with Crippen molar-refractivity contribution in [1.29, 1.82) is 0 Å². The first-order valence-electron chi connectivity index (χ1n) is 10.6. The van der Waals surface area contributed by atoms with E-state index in [9.17, 15) is 9.90 Å². The number of rotatable bonds is 7. The Kier molecular flexibility index (Phi) is 7.13. The average molecular weight is 418 g/mol. The third-order valence-electron chi connectivity index (χ3n) is 5.13. The Bertz CT molecular complexity index is 939. The summed E-state index contributed by atoms with van der Waals surface area (Å²) in [7, 11) is 0. The molecule has 0 aliphatic rings. The van der Waals surface area contributed by atoms with Gasteiger partial charge < -0.3 is 15.2 Å². The molecule has 0 unspecified atom stereocenters. The van der Waals surface area contributed by atoms with Crippen molar-refractivity contribution in [2.75, 3.05) is 6.54 Å². The first-order chi connectivity index (χ1) is 14.8. The van der Waals surface area contributed by atoms with Gasteiger partial charge in [-0.05, 0) is 49.4 Å². The number of nitrogens with one attached hydrogen (secondary N) is 1. The number of aliphatic hydroxyl groups is 1. The summed E-state index contributed by atoms with van der Waals surface area (Å²) in [6.07, 6.45) is 0.661. The fourth-order valence-electron chi connectivity index (χ4n) is 3.66. The molecule has 2 N–H and O–H groups in total. The summed E-state index contributed by atoms with van der Waals surface area (Å²) in [5.41, 5.74) is 2.15. The molecule has 0 fully saturated rings. The lowest BCUT2D eigenvalue weighted by atomic mass is 9.80. The summed E-state index contributed by atoms with van der Waals surface area (Å²) < 4.78 is 5.31. The van der Waals surface area contributed by atoms with E-state index in [2.05, 4.69) is 5.32 Å². The van der Waals surface area contributed by atoms with Gasteiger partial charge in [0.1, 0.15) is 11.2 Å².